The van der Waals surface area contributed by atoms with Crippen molar-refractivity contribution in [3.05, 3.63) is 0 Å². The maximum atomic E-state index is 10.1. The van der Waals surface area contributed by atoms with E-state index >= 15 is 0 Å². The minimum Gasteiger partial charge on any atom is -0.429 e. The molecule has 0 spiro atoms. The summed E-state index contributed by atoms with van der Waals surface area (Å²) in [5.74, 6) is 0. The number of hydrogen-bond acceptors (Lipinski definition) is 2. The van der Waals surface area contributed by atoms with Crippen LogP contribution in [0.3, 0.4) is 0 Å². The fraction of sp³-hybridized carbons (Fsp3) is 0.800. The Morgan fingerprint density at radius 1 is 1.78 bits per heavy atom. The first-order valence-corrected chi connectivity index (χ1v) is 2.92. The summed E-state index contributed by atoms with van der Waals surface area (Å²) in [4.78, 5) is 10.1. The highest BCUT2D eigenvalue weighted by molar-refractivity contribution is 5.64. The number of rotatable bonds is 1. The SMILES string of the molecule is NC(=O)OC1CCC[N]1. The first kappa shape index (κ1) is 6.35. The molecule has 1 radical (unpaired) electrons. The maximum Gasteiger partial charge on any atom is 0.406 e. The van der Waals surface area contributed by atoms with E-state index in [1.807, 2.05) is 0 Å². The van der Waals surface area contributed by atoms with E-state index in [0.29, 0.717) is 0 Å². The second-order valence-corrected chi connectivity index (χ2v) is 1.94. The molecular weight excluding hydrogens is 120 g/mol. The summed E-state index contributed by atoms with van der Waals surface area (Å²) in [6.45, 7) is 0.790. The topological polar surface area (TPSA) is 66.4 Å². The van der Waals surface area contributed by atoms with E-state index in [0.717, 1.165) is 19.4 Å². The predicted molar refractivity (Wildman–Crippen MR) is 30.7 cm³/mol. The Hall–Kier alpha value is -0.770. The lowest BCUT2D eigenvalue weighted by Gasteiger charge is -2.06. The van der Waals surface area contributed by atoms with Gasteiger partial charge >= 0.3 is 6.09 Å². The van der Waals surface area contributed by atoms with Gasteiger partial charge in [-0.2, -0.15) is 0 Å². The van der Waals surface area contributed by atoms with Crippen LogP contribution in [0.5, 0.6) is 0 Å². The van der Waals surface area contributed by atoms with Crippen LogP contribution in [-0.4, -0.2) is 18.9 Å². The van der Waals surface area contributed by atoms with Crippen molar-refractivity contribution in [2.75, 3.05) is 6.54 Å². The Kier molecular flexibility index (Phi) is 1.89. The summed E-state index contributed by atoms with van der Waals surface area (Å²) >= 11 is 0. The molecule has 1 fully saturated rings. The van der Waals surface area contributed by atoms with Gasteiger partial charge in [0.1, 0.15) is 0 Å². The number of nitrogens with zero attached hydrogens (tertiary/aromatic N) is 1. The fourth-order valence-corrected chi connectivity index (χ4v) is 0.823. The van der Waals surface area contributed by atoms with Crippen molar-refractivity contribution in [2.24, 2.45) is 5.73 Å². The molecule has 1 saturated heterocycles. The van der Waals surface area contributed by atoms with Crippen LogP contribution in [0.25, 0.3) is 0 Å². The van der Waals surface area contributed by atoms with E-state index in [4.69, 9.17) is 5.73 Å². The van der Waals surface area contributed by atoms with Crippen molar-refractivity contribution in [1.29, 1.82) is 0 Å². The Bertz CT molecular complexity index is 110. The minimum absolute atomic E-state index is 0.262. The number of hydrogen-bond donors (Lipinski definition) is 1. The first-order chi connectivity index (χ1) is 4.29. The highest BCUT2D eigenvalue weighted by Crippen LogP contribution is 2.07. The second-order valence-electron chi connectivity index (χ2n) is 1.94. The van der Waals surface area contributed by atoms with Gasteiger partial charge in [-0.3, -0.25) is 0 Å². The number of nitrogens with two attached hydrogens (primary N) is 1. The van der Waals surface area contributed by atoms with Crippen molar-refractivity contribution in [3.63, 3.8) is 0 Å². The number of primary amides is 1. The molecule has 0 bridgehead atoms. The molecule has 0 aliphatic carbocycles. The molecule has 0 aromatic rings. The minimum atomic E-state index is -0.731. The van der Waals surface area contributed by atoms with Gasteiger partial charge in [0, 0.05) is 13.0 Å². The van der Waals surface area contributed by atoms with Gasteiger partial charge in [-0.25, -0.2) is 10.1 Å². The molecule has 0 aromatic heterocycles. The second kappa shape index (κ2) is 2.68. The van der Waals surface area contributed by atoms with Gasteiger partial charge in [0.2, 0.25) is 0 Å². The lowest BCUT2D eigenvalue weighted by atomic mass is 10.4. The van der Waals surface area contributed by atoms with E-state index in [2.05, 4.69) is 10.1 Å². The average Bonchev–Trinajstić information content (AvgIpc) is 2.15. The zero-order valence-electron chi connectivity index (χ0n) is 5.04. The summed E-state index contributed by atoms with van der Waals surface area (Å²) in [5, 5.41) is 3.95. The molecule has 1 aliphatic heterocycles. The summed E-state index contributed by atoms with van der Waals surface area (Å²) in [6.07, 6.45) is 0.828. The molecule has 4 heteroatoms. The normalized spacial score (nSPS) is 26.0. The van der Waals surface area contributed by atoms with Crippen LogP contribution < -0.4 is 11.1 Å². The largest absolute Gasteiger partial charge is 0.429 e. The lowest BCUT2D eigenvalue weighted by molar-refractivity contribution is 0.0963. The van der Waals surface area contributed by atoms with E-state index in [-0.39, 0.29) is 6.23 Å². The number of amides is 1. The zero-order valence-corrected chi connectivity index (χ0v) is 5.04. The molecule has 1 amide bonds. The fourth-order valence-electron chi connectivity index (χ4n) is 0.823. The molecular formula is C5H9N2O2. The molecule has 1 atom stereocenters. The van der Waals surface area contributed by atoms with Crippen molar-refractivity contribution < 1.29 is 9.53 Å². The smallest absolute Gasteiger partial charge is 0.406 e. The summed E-state index contributed by atoms with van der Waals surface area (Å²) in [5.41, 5.74) is 4.75. The first-order valence-electron chi connectivity index (χ1n) is 2.92. The summed E-state index contributed by atoms with van der Waals surface area (Å²) < 4.78 is 4.58. The maximum absolute atomic E-state index is 10.1. The summed E-state index contributed by atoms with van der Waals surface area (Å²) in [6, 6.07) is 0. The Morgan fingerprint density at radius 3 is 3.00 bits per heavy atom. The van der Waals surface area contributed by atoms with Crippen LogP contribution in [0.15, 0.2) is 0 Å². The van der Waals surface area contributed by atoms with Crippen LogP contribution in [0.1, 0.15) is 12.8 Å². The molecule has 9 heavy (non-hydrogen) atoms. The molecule has 1 aliphatic rings. The van der Waals surface area contributed by atoms with Gasteiger partial charge in [0.25, 0.3) is 0 Å². The van der Waals surface area contributed by atoms with Crippen LogP contribution in [0.4, 0.5) is 4.79 Å². The van der Waals surface area contributed by atoms with Gasteiger partial charge in [-0.15, -0.1) is 0 Å². The molecule has 0 saturated carbocycles. The standard InChI is InChI=1S/C5H9N2O2/c6-5(8)9-4-2-1-3-7-4/h4H,1-3H2,(H2,6,8). The van der Waals surface area contributed by atoms with Crippen LogP contribution in [-0.2, 0) is 4.74 Å². The number of carbonyl (C=O) groups excluding carboxylic acids is 1. The number of carbonyl (C=O) groups is 1. The molecule has 51 valence electrons. The van der Waals surface area contributed by atoms with Crippen LogP contribution in [0.2, 0.25) is 0 Å². The highest BCUT2D eigenvalue weighted by atomic mass is 16.6. The third-order valence-corrected chi connectivity index (χ3v) is 1.19. The molecule has 2 N–H and O–H groups in total. The van der Waals surface area contributed by atoms with E-state index in [1.54, 1.807) is 0 Å². The van der Waals surface area contributed by atoms with Crippen molar-refractivity contribution >= 4 is 6.09 Å². The molecule has 1 heterocycles. The highest BCUT2D eigenvalue weighted by Gasteiger charge is 2.17. The Labute approximate surface area is 53.4 Å². The predicted octanol–water partition coefficient (Wildman–Crippen LogP) is -0.194. The average molecular weight is 129 g/mol. The van der Waals surface area contributed by atoms with E-state index in [9.17, 15) is 4.79 Å². The van der Waals surface area contributed by atoms with Crippen molar-refractivity contribution in [3.8, 4) is 0 Å². The van der Waals surface area contributed by atoms with Gasteiger partial charge in [-0.05, 0) is 6.42 Å². The molecule has 4 nitrogen and oxygen atoms in total. The van der Waals surface area contributed by atoms with E-state index in [1.165, 1.54) is 0 Å². The third-order valence-electron chi connectivity index (χ3n) is 1.19. The monoisotopic (exact) mass is 129 g/mol. The van der Waals surface area contributed by atoms with Gasteiger partial charge in [0.05, 0.1) is 0 Å². The molecule has 1 unspecified atom stereocenters. The lowest BCUT2D eigenvalue weighted by Crippen LogP contribution is -2.25. The van der Waals surface area contributed by atoms with Gasteiger partial charge in [0.15, 0.2) is 6.23 Å². The van der Waals surface area contributed by atoms with Gasteiger partial charge < -0.3 is 10.5 Å². The summed E-state index contributed by atoms with van der Waals surface area (Å²) in [7, 11) is 0. The van der Waals surface area contributed by atoms with Crippen molar-refractivity contribution in [1.82, 2.24) is 5.32 Å². The van der Waals surface area contributed by atoms with Crippen LogP contribution in [0, 0.1) is 0 Å². The van der Waals surface area contributed by atoms with Crippen molar-refractivity contribution in [2.45, 2.75) is 19.1 Å². The number of ether oxygens (including phenoxy) is 1. The Balaban J connectivity index is 2.19. The van der Waals surface area contributed by atoms with Crippen LogP contribution >= 0.6 is 0 Å². The van der Waals surface area contributed by atoms with Gasteiger partial charge in [-0.1, -0.05) is 0 Å². The quantitative estimate of drug-likeness (QED) is 0.533. The third kappa shape index (κ3) is 1.89. The van der Waals surface area contributed by atoms with E-state index < -0.39 is 6.09 Å². The Morgan fingerprint density at radius 2 is 2.56 bits per heavy atom. The zero-order chi connectivity index (χ0) is 6.69. The molecule has 1 rings (SSSR count). The molecule has 0 aromatic carbocycles.